The smallest absolute Gasteiger partial charge is 0.308 e. The molecule has 2 bridgehead atoms. The van der Waals surface area contributed by atoms with Gasteiger partial charge in [0, 0.05) is 18.5 Å². The van der Waals surface area contributed by atoms with Gasteiger partial charge < -0.3 is 15.3 Å². The molecule has 0 saturated carbocycles. The van der Waals surface area contributed by atoms with Crippen LogP contribution in [-0.4, -0.2) is 45.9 Å². The highest BCUT2D eigenvalue weighted by Crippen LogP contribution is 2.42. The molecule has 3 fully saturated rings. The highest BCUT2D eigenvalue weighted by Gasteiger charge is 2.52. The molecule has 0 aromatic rings. The van der Waals surface area contributed by atoms with Crippen LogP contribution in [-0.2, 0) is 14.4 Å². The van der Waals surface area contributed by atoms with Gasteiger partial charge in [-0.15, -0.1) is 0 Å². The van der Waals surface area contributed by atoms with Crippen LogP contribution in [0.15, 0.2) is 0 Å². The van der Waals surface area contributed by atoms with E-state index in [9.17, 15) is 14.4 Å². The Morgan fingerprint density at radius 1 is 1.28 bits per heavy atom. The molecule has 6 nitrogen and oxygen atoms in total. The number of rotatable bonds is 2. The van der Waals surface area contributed by atoms with Crippen LogP contribution in [0.2, 0.25) is 0 Å². The molecule has 3 saturated heterocycles. The van der Waals surface area contributed by atoms with Crippen LogP contribution < -0.4 is 5.32 Å². The van der Waals surface area contributed by atoms with E-state index in [-0.39, 0.29) is 23.9 Å². The van der Waals surface area contributed by atoms with E-state index >= 15 is 0 Å². The first-order chi connectivity index (χ1) is 8.58. The van der Waals surface area contributed by atoms with Crippen molar-refractivity contribution in [3.8, 4) is 0 Å². The van der Waals surface area contributed by atoms with Gasteiger partial charge in [0.25, 0.3) is 0 Å². The van der Waals surface area contributed by atoms with E-state index in [1.54, 1.807) is 4.90 Å². The summed E-state index contributed by atoms with van der Waals surface area (Å²) in [7, 11) is 0. The Labute approximate surface area is 104 Å². The Morgan fingerprint density at radius 3 is 2.61 bits per heavy atom. The Kier molecular flexibility index (Phi) is 2.53. The molecule has 2 N–H and O–H groups in total. The van der Waals surface area contributed by atoms with E-state index in [1.165, 1.54) is 0 Å². The number of hydrogen-bond donors (Lipinski definition) is 2. The number of carbonyl (C=O) groups excluding carboxylic acids is 2. The number of hydrogen-bond acceptors (Lipinski definition) is 3. The summed E-state index contributed by atoms with van der Waals surface area (Å²) in [6, 6.07) is -0.549. The zero-order valence-electron chi connectivity index (χ0n) is 9.96. The molecule has 3 heterocycles. The molecule has 4 atom stereocenters. The molecule has 0 radical (unpaired) electrons. The van der Waals surface area contributed by atoms with Crippen LogP contribution in [0.1, 0.15) is 32.1 Å². The number of fused-ring (bicyclic) bond motifs is 2. The highest BCUT2D eigenvalue weighted by molar-refractivity contribution is 5.92. The van der Waals surface area contributed by atoms with Gasteiger partial charge in [0.15, 0.2) is 0 Å². The van der Waals surface area contributed by atoms with E-state index in [1.807, 2.05) is 0 Å². The van der Waals surface area contributed by atoms with Crippen molar-refractivity contribution in [3.63, 3.8) is 0 Å². The Hall–Kier alpha value is -1.59. The standard InChI is InChI=1S/C12H16N2O4/c15-10-4-2-8(13-10)11(16)14-6-1-3-9(14)7(5-6)12(17)18/h6-9H,1-5H2,(H,13,15)(H,17,18)/t6?,7?,8-,9?/m1/s1. The van der Waals surface area contributed by atoms with E-state index < -0.39 is 17.9 Å². The van der Waals surface area contributed by atoms with Gasteiger partial charge in [-0.3, -0.25) is 14.4 Å². The average Bonchev–Trinajstić information content (AvgIpc) is 3.01. The van der Waals surface area contributed by atoms with Crippen LogP contribution in [0.4, 0.5) is 0 Å². The van der Waals surface area contributed by atoms with Crippen molar-refractivity contribution in [1.82, 2.24) is 10.2 Å². The lowest BCUT2D eigenvalue weighted by atomic mass is 9.89. The summed E-state index contributed by atoms with van der Waals surface area (Å²) >= 11 is 0. The van der Waals surface area contributed by atoms with Crippen LogP contribution in [0.3, 0.4) is 0 Å². The molecule has 98 valence electrons. The van der Waals surface area contributed by atoms with Gasteiger partial charge in [0.05, 0.1) is 5.92 Å². The van der Waals surface area contributed by atoms with Gasteiger partial charge in [-0.25, -0.2) is 0 Å². The van der Waals surface area contributed by atoms with Crippen molar-refractivity contribution in [2.24, 2.45) is 5.92 Å². The number of nitrogens with one attached hydrogen (secondary N) is 1. The van der Waals surface area contributed by atoms with E-state index in [0.29, 0.717) is 19.3 Å². The SMILES string of the molecule is O=C1CC[C@H](C(=O)N2C3CCC2C(C(=O)O)C3)N1. The molecule has 0 aromatic heterocycles. The summed E-state index contributed by atoms with van der Waals surface area (Å²) in [6.07, 6.45) is 3.15. The number of carboxylic acids is 1. The maximum atomic E-state index is 12.3. The molecule has 6 heteroatoms. The fourth-order valence-electron chi connectivity index (χ4n) is 3.58. The number of aliphatic carboxylic acids is 1. The first-order valence-corrected chi connectivity index (χ1v) is 6.42. The monoisotopic (exact) mass is 252 g/mol. The van der Waals surface area contributed by atoms with Crippen molar-refractivity contribution in [2.45, 2.75) is 50.2 Å². The molecule has 3 aliphatic heterocycles. The summed E-state index contributed by atoms with van der Waals surface area (Å²) in [4.78, 5) is 36.3. The molecule has 3 unspecified atom stereocenters. The van der Waals surface area contributed by atoms with Crippen LogP contribution in [0.5, 0.6) is 0 Å². The zero-order chi connectivity index (χ0) is 12.9. The lowest BCUT2D eigenvalue weighted by Crippen LogP contribution is -2.47. The maximum Gasteiger partial charge on any atom is 0.308 e. The van der Waals surface area contributed by atoms with Crippen molar-refractivity contribution in [2.75, 3.05) is 0 Å². The average molecular weight is 252 g/mol. The largest absolute Gasteiger partial charge is 0.481 e. The van der Waals surface area contributed by atoms with Gasteiger partial charge in [-0.2, -0.15) is 0 Å². The maximum absolute atomic E-state index is 12.3. The van der Waals surface area contributed by atoms with Gasteiger partial charge >= 0.3 is 5.97 Å². The second kappa shape index (κ2) is 3.96. The summed E-state index contributed by atoms with van der Waals surface area (Å²) in [5.41, 5.74) is 0. The quantitative estimate of drug-likeness (QED) is 0.708. The first kappa shape index (κ1) is 11.5. The minimum absolute atomic E-state index is 0.0566. The van der Waals surface area contributed by atoms with Crippen molar-refractivity contribution in [3.05, 3.63) is 0 Å². The minimum Gasteiger partial charge on any atom is -0.481 e. The molecule has 18 heavy (non-hydrogen) atoms. The van der Waals surface area contributed by atoms with Gasteiger partial charge in [0.2, 0.25) is 11.8 Å². The lowest BCUT2D eigenvalue weighted by Gasteiger charge is -2.26. The molecular weight excluding hydrogens is 236 g/mol. The third-order valence-corrected chi connectivity index (χ3v) is 4.40. The Bertz CT molecular complexity index is 422. The van der Waals surface area contributed by atoms with Gasteiger partial charge in [-0.1, -0.05) is 0 Å². The predicted molar refractivity (Wildman–Crippen MR) is 60.6 cm³/mol. The molecule has 0 aromatic carbocycles. The van der Waals surface area contributed by atoms with Crippen molar-refractivity contribution >= 4 is 17.8 Å². The predicted octanol–water partition coefficient (Wildman–Crippen LogP) is -0.271. The Morgan fingerprint density at radius 2 is 2.06 bits per heavy atom. The molecular formula is C12H16N2O4. The fraction of sp³-hybridized carbons (Fsp3) is 0.750. The second-order valence-corrected chi connectivity index (χ2v) is 5.38. The van der Waals surface area contributed by atoms with E-state index in [4.69, 9.17) is 5.11 Å². The van der Waals surface area contributed by atoms with E-state index in [0.717, 1.165) is 12.8 Å². The molecule has 0 aliphatic carbocycles. The van der Waals surface area contributed by atoms with Gasteiger partial charge in [-0.05, 0) is 25.7 Å². The summed E-state index contributed by atoms with van der Waals surface area (Å²) < 4.78 is 0. The number of carbonyl (C=O) groups is 3. The Balaban J connectivity index is 1.75. The second-order valence-electron chi connectivity index (χ2n) is 5.38. The number of amides is 2. The molecule has 3 rings (SSSR count). The van der Waals surface area contributed by atoms with Crippen molar-refractivity contribution < 1.29 is 19.5 Å². The number of carboxylic acid groups (broad SMARTS) is 1. The molecule has 2 amide bonds. The molecule has 0 spiro atoms. The van der Waals surface area contributed by atoms with Crippen LogP contribution in [0.25, 0.3) is 0 Å². The molecule has 3 aliphatic rings. The zero-order valence-corrected chi connectivity index (χ0v) is 9.96. The van der Waals surface area contributed by atoms with E-state index in [2.05, 4.69) is 5.32 Å². The fourth-order valence-corrected chi connectivity index (χ4v) is 3.58. The topological polar surface area (TPSA) is 86.7 Å². The first-order valence-electron chi connectivity index (χ1n) is 6.42. The normalized spacial score (nSPS) is 38.0. The summed E-state index contributed by atoms with van der Waals surface area (Å²) in [5, 5.41) is 11.8. The third-order valence-electron chi connectivity index (χ3n) is 4.40. The van der Waals surface area contributed by atoms with Crippen LogP contribution >= 0.6 is 0 Å². The van der Waals surface area contributed by atoms with Crippen molar-refractivity contribution in [1.29, 1.82) is 0 Å². The number of nitrogens with zero attached hydrogens (tertiary/aromatic N) is 1. The third kappa shape index (κ3) is 1.59. The summed E-state index contributed by atoms with van der Waals surface area (Å²) in [5.74, 6) is -1.41. The van der Waals surface area contributed by atoms with Crippen LogP contribution in [0, 0.1) is 5.92 Å². The summed E-state index contributed by atoms with van der Waals surface area (Å²) in [6.45, 7) is 0. The lowest BCUT2D eigenvalue weighted by molar-refractivity contribution is -0.143. The minimum atomic E-state index is -0.810. The highest BCUT2D eigenvalue weighted by atomic mass is 16.4. The van der Waals surface area contributed by atoms with Gasteiger partial charge in [0.1, 0.15) is 6.04 Å².